The molecule has 5 aliphatic heterocycles. The van der Waals surface area contributed by atoms with E-state index in [1.165, 1.54) is 29.6 Å². The molecule has 13 aliphatic rings. The van der Waals surface area contributed by atoms with E-state index in [0.717, 1.165) is 75.4 Å². The molecule has 8 aliphatic carbocycles. The number of hydrogen-bond acceptors (Lipinski definition) is 12. The van der Waals surface area contributed by atoms with Crippen LogP contribution in [0.25, 0.3) is 0 Å². The van der Waals surface area contributed by atoms with Crippen molar-refractivity contribution in [2.24, 2.45) is 79.8 Å². The van der Waals surface area contributed by atoms with Crippen molar-refractivity contribution >= 4 is 10.4 Å². The minimum Gasteiger partial charge on any atom is -0.726 e. The molecule has 14 heteroatoms. The summed E-state index contributed by atoms with van der Waals surface area (Å²) in [4.78, 5) is 0. The average molecular weight is 1030 g/mol. The molecule has 2 spiro atoms. The van der Waals surface area contributed by atoms with Crippen molar-refractivity contribution in [1.82, 2.24) is 0 Å². The van der Waals surface area contributed by atoms with Crippen LogP contribution in [0.5, 0.6) is 0 Å². The Morgan fingerprint density at radius 3 is 2.11 bits per heavy atom. The summed E-state index contributed by atoms with van der Waals surface area (Å²) >= 11 is 0. The molecule has 72 heavy (non-hydrogen) atoms. The first-order valence-electron chi connectivity index (χ1n) is 27.8. The summed E-state index contributed by atoms with van der Waals surface area (Å²) in [6, 6.07) is 0. The Morgan fingerprint density at radius 2 is 1.47 bits per heavy atom. The maximum absolute atomic E-state index is 12.4. The van der Waals surface area contributed by atoms with Crippen LogP contribution in [0, 0.1) is 79.8 Å². The zero-order valence-electron chi connectivity index (χ0n) is 45.5. The molecule has 9 fully saturated rings. The molecule has 0 aromatic carbocycles. The summed E-state index contributed by atoms with van der Waals surface area (Å²) in [5.41, 5.74) is 4.02. The van der Waals surface area contributed by atoms with Gasteiger partial charge in [-0.25, -0.2) is 8.42 Å². The van der Waals surface area contributed by atoms with Gasteiger partial charge in [-0.2, -0.15) is 0 Å². The first-order valence-corrected chi connectivity index (χ1v) is 29.2. The minimum absolute atomic E-state index is 0. The molecule has 0 aromatic rings. The standard InChI is InChI=1S/C58H88O12S.Na/c1-31(37-14-16-39-35-13-19-46-50(4,5)57(62)47(59)27-55(46,29-67-57)41(35)20-22-53(37,39)10)12-18-43-32(2)24-34(52(8,9)61)25-44(69-43)33(3)38-15-17-40-36-26-45(70-71(64,65)66)49-51(6,7)58(63)48(60)28-56(49,30-68-58)42(36)21-23-54(38,40)11;/h19,31,33-34,37-40,43-45,47-49,59-63H,2,12-18,20-30H2,1,3-11H3,(H,64,65,66);/q;+1/p-1/t31-,33+,34-,37-,38-,39+,40+,43+,44-,45+,47+,48+,49+,53-,54-,55+,56+,57+,58+;/m1./s1. The van der Waals surface area contributed by atoms with E-state index < -0.39 is 68.0 Å². The second-order valence-electron chi connectivity index (χ2n) is 28.1. The summed E-state index contributed by atoms with van der Waals surface area (Å²) < 4.78 is 62.7. The van der Waals surface area contributed by atoms with Gasteiger partial charge in [0.2, 0.25) is 16.2 Å². The van der Waals surface area contributed by atoms with E-state index in [1.807, 2.05) is 27.7 Å². The van der Waals surface area contributed by atoms with Crippen LogP contribution in [0.1, 0.15) is 172 Å². The van der Waals surface area contributed by atoms with E-state index in [-0.39, 0.29) is 94.7 Å². The maximum atomic E-state index is 12.4. The van der Waals surface area contributed by atoms with Crippen LogP contribution >= 0.6 is 0 Å². The quantitative estimate of drug-likeness (QED) is 0.0788. The monoisotopic (exact) mass is 1030 g/mol. The topological polar surface area (TPSA) is 195 Å². The van der Waals surface area contributed by atoms with Gasteiger partial charge in [0.1, 0.15) is 12.2 Å². The summed E-state index contributed by atoms with van der Waals surface area (Å²) in [5.74, 6) is -1.93. The van der Waals surface area contributed by atoms with Crippen LogP contribution in [0.2, 0.25) is 0 Å². The fourth-order valence-corrected chi connectivity index (χ4v) is 20.9. The molecule has 19 atom stereocenters. The summed E-state index contributed by atoms with van der Waals surface area (Å²) in [7, 11) is -5.08. The number of aliphatic hydroxyl groups is 5. The van der Waals surface area contributed by atoms with Gasteiger partial charge in [0, 0.05) is 27.6 Å². The van der Waals surface area contributed by atoms with Crippen LogP contribution in [0.3, 0.4) is 0 Å². The van der Waals surface area contributed by atoms with E-state index in [2.05, 4.69) is 33.8 Å². The second kappa shape index (κ2) is 17.5. The largest absolute Gasteiger partial charge is 1.00 e. The molecule has 5 saturated heterocycles. The Morgan fingerprint density at radius 1 is 0.861 bits per heavy atom. The minimum atomic E-state index is -5.08. The number of hydrogen-bond donors (Lipinski definition) is 5. The molecular formula is C58H87NaO12S. The molecule has 4 saturated carbocycles. The summed E-state index contributed by atoms with van der Waals surface area (Å²) in [5, 5.41) is 57.8. The van der Waals surface area contributed by atoms with Gasteiger partial charge in [-0.3, -0.25) is 4.18 Å². The SMILES string of the molecule is C=C1C[C@@H](C(C)(C)O)C[C@H]([C@@H](C)[C@H]2CC[C@H]3C4=C(CC[C@]23C)[C@@]23CO[C@@](O)([C@@H](O)C2)C(C)(C)[C@@H]3[C@@H](OS(=O)(=O)[O-])C4)O[C@H]1CC[C@@H](C)[C@H]1CC[C@H]2C3=C(CC[C@]12C)[C@@]12CO[C@@](O)([C@@H](O)C1)C(C)(C)C2=CC3.[Na+]. The van der Waals surface area contributed by atoms with Crippen LogP contribution in [-0.2, 0) is 28.8 Å². The van der Waals surface area contributed by atoms with Gasteiger partial charge in [0.25, 0.3) is 0 Å². The van der Waals surface area contributed by atoms with Crippen molar-refractivity contribution in [2.75, 3.05) is 13.2 Å². The Balaban J connectivity index is 0.00000596. The van der Waals surface area contributed by atoms with Crippen molar-refractivity contribution in [2.45, 2.75) is 220 Å². The van der Waals surface area contributed by atoms with Gasteiger partial charge in [-0.05, 0) is 174 Å². The third-order valence-corrected chi connectivity index (χ3v) is 24.6. The van der Waals surface area contributed by atoms with Gasteiger partial charge >= 0.3 is 29.6 Å². The number of allylic oxidation sites excluding steroid dienone is 2. The second-order valence-corrected chi connectivity index (χ2v) is 29.1. The molecule has 4 bridgehead atoms. The molecule has 398 valence electrons. The predicted octanol–water partition coefficient (Wildman–Crippen LogP) is 5.97. The van der Waals surface area contributed by atoms with Crippen LogP contribution in [-0.4, -0.2) is 99.4 Å². The normalized spacial score (nSPS) is 48.8. The first-order chi connectivity index (χ1) is 32.9. The van der Waals surface area contributed by atoms with Gasteiger partial charge in [-0.15, -0.1) is 0 Å². The van der Waals surface area contributed by atoms with Crippen molar-refractivity contribution < 1.29 is 86.5 Å². The van der Waals surface area contributed by atoms with E-state index in [9.17, 15) is 38.5 Å². The van der Waals surface area contributed by atoms with E-state index in [4.69, 9.17) is 25.0 Å². The van der Waals surface area contributed by atoms with Crippen molar-refractivity contribution in [3.8, 4) is 0 Å². The third kappa shape index (κ3) is 7.50. The average Bonchev–Trinajstić information content (AvgIpc) is 3.75. The smallest absolute Gasteiger partial charge is 0.726 e. The van der Waals surface area contributed by atoms with E-state index >= 15 is 0 Å². The number of fused-ring (bicyclic) bond motifs is 8. The van der Waals surface area contributed by atoms with Gasteiger partial charge in [-0.1, -0.05) is 95.9 Å². The Bertz CT molecular complexity index is 2440. The van der Waals surface area contributed by atoms with Crippen LogP contribution in [0.15, 0.2) is 46.1 Å². The van der Waals surface area contributed by atoms with Gasteiger partial charge in [0.05, 0.1) is 37.1 Å². The summed E-state index contributed by atoms with van der Waals surface area (Å²) in [6.45, 7) is 26.6. The molecule has 0 unspecified atom stereocenters. The number of ether oxygens (including phenoxy) is 3. The third-order valence-electron chi connectivity index (χ3n) is 24.1. The predicted molar refractivity (Wildman–Crippen MR) is 266 cm³/mol. The summed E-state index contributed by atoms with van der Waals surface area (Å²) in [6.07, 6.45) is 12.4. The van der Waals surface area contributed by atoms with Gasteiger partial charge < -0.3 is 44.3 Å². The molecular weight excluding hydrogens is 944 g/mol. The molecule has 0 amide bonds. The molecule has 0 aromatic heterocycles. The molecule has 12 nitrogen and oxygen atoms in total. The van der Waals surface area contributed by atoms with Crippen molar-refractivity contribution in [3.05, 3.63) is 46.1 Å². The molecule has 5 N–H and O–H groups in total. The Hall–Kier alpha value is -0.490. The first kappa shape index (κ1) is 54.8. The molecule has 0 radical (unpaired) electrons. The number of aliphatic hydroxyl groups excluding tert-OH is 2. The van der Waals surface area contributed by atoms with Crippen LogP contribution in [0.4, 0.5) is 0 Å². The molecule has 13 rings (SSSR count). The maximum Gasteiger partial charge on any atom is 1.00 e. The van der Waals surface area contributed by atoms with Crippen LogP contribution < -0.4 is 29.6 Å². The zero-order valence-corrected chi connectivity index (χ0v) is 48.3. The van der Waals surface area contributed by atoms with E-state index in [1.54, 1.807) is 19.4 Å². The Labute approximate surface area is 452 Å². The van der Waals surface area contributed by atoms with Gasteiger partial charge in [0.15, 0.2) is 5.79 Å². The fourth-order valence-electron chi connectivity index (χ4n) is 20.4. The van der Waals surface area contributed by atoms with Crippen molar-refractivity contribution in [3.63, 3.8) is 0 Å². The van der Waals surface area contributed by atoms with E-state index in [0.29, 0.717) is 43.6 Å². The Kier molecular flexibility index (Phi) is 13.3. The molecule has 5 heterocycles. The number of rotatable bonds is 9. The zero-order chi connectivity index (χ0) is 51.2. The van der Waals surface area contributed by atoms with Crippen molar-refractivity contribution in [1.29, 1.82) is 0 Å². The fraction of sp³-hybridized carbons (Fsp3) is 0.862.